The van der Waals surface area contributed by atoms with E-state index >= 15 is 0 Å². The van der Waals surface area contributed by atoms with Crippen molar-refractivity contribution >= 4 is 17.7 Å². The van der Waals surface area contributed by atoms with Crippen molar-refractivity contribution < 1.29 is 19.0 Å². The molecule has 1 heterocycles. The molecule has 1 aliphatic heterocycles. The van der Waals surface area contributed by atoms with Crippen LogP contribution in [-0.4, -0.2) is 41.0 Å². The highest BCUT2D eigenvalue weighted by molar-refractivity contribution is 6.32. The number of benzene rings is 1. The van der Waals surface area contributed by atoms with E-state index in [0.717, 1.165) is 0 Å². The van der Waals surface area contributed by atoms with Crippen molar-refractivity contribution in [1.82, 2.24) is 4.90 Å². The second-order valence-electron chi connectivity index (χ2n) is 6.70. The third-order valence-electron chi connectivity index (χ3n) is 4.39. The van der Waals surface area contributed by atoms with Gasteiger partial charge in [-0.1, -0.05) is 44.5 Å². The van der Waals surface area contributed by atoms with Crippen LogP contribution in [0.2, 0.25) is 5.02 Å². The highest BCUT2D eigenvalue weighted by Gasteiger charge is 2.56. The van der Waals surface area contributed by atoms with E-state index in [4.69, 9.17) is 16.3 Å². The molecule has 122 valence electrons. The van der Waals surface area contributed by atoms with E-state index < -0.39 is 23.2 Å². The molecule has 0 bridgehead atoms. The number of hydrogen-bond acceptors (Lipinski definition) is 2. The molecule has 1 aromatic carbocycles. The second kappa shape index (κ2) is 5.95. The Labute approximate surface area is 134 Å². The highest BCUT2D eigenvalue weighted by Crippen LogP contribution is 2.45. The van der Waals surface area contributed by atoms with Gasteiger partial charge in [-0.2, -0.15) is 0 Å². The predicted molar refractivity (Wildman–Crippen MR) is 83.4 cm³/mol. The van der Waals surface area contributed by atoms with Crippen molar-refractivity contribution in [1.29, 1.82) is 0 Å². The van der Waals surface area contributed by atoms with Gasteiger partial charge >= 0.3 is 6.09 Å². The van der Waals surface area contributed by atoms with Crippen molar-refractivity contribution in [2.75, 3.05) is 13.2 Å². The molecule has 1 fully saturated rings. The Morgan fingerprint density at radius 2 is 2.14 bits per heavy atom. The van der Waals surface area contributed by atoms with Crippen LogP contribution in [0.5, 0.6) is 5.75 Å². The molecule has 0 unspecified atom stereocenters. The van der Waals surface area contributed by atoms with E-state index in [2.05, 4.69) is 0 Å². The summed E-state index contributed by atoms with van der Waals surface area (Å²) in [5.41, 5.74) is -1.41. The molecule has 6 heteroatoms. The number of rotatable bonds is 3. The molecule has 1 aromatic rings. The number of nitrogens with zero attached hydrogens (tertiary/aromatic N) is 1. The summed E-state index contributed by atoms with van der Waals surface area (Å²) in [6.45, 7) is 5.64. The lowest BCUT2D eigenvalue weighted by atomic mass is 9.72. The van der Waals surface area contributed by atoms with Crippen molar-refractivity contribution in [2.45, 2.75) is 38.9 Å². The lowest BCUT2D eigenvalue weighted by Crippen LogP contribution is -2.58. The molecule has 0 aliphatic carbocycles. The number of alkyl halides is 1. The van der Waals surface area contributed by atoms with Crippen molar-refractivity contribution in [2.24, 2.45) is 5.41 Å². The van der Waals surface area contributed by atoms with Crippen LogP contribution < -0.4 is 4.74 Å². The second-order valence-corrected chi connectivity index (χ2v) is 7.10. The normalized spacial score (nSPS) is 25.3. The van der Waals surface area contributed by atoms with Crippen LogP contribution in [0.1, 0.15) is 27.2 Å². The number of ether oxygens (including phenoxy) is 1. The zero-order chi connectivity index (χ0) is 16.5. The molecule has 2 atom stereocenters. The van der Waals surface area contributed by atoms with Gasteiger partial charge in [-0.05, 0) is 17.5 Å². The summed E-state index contributed by atoms with van der Waals surface area (Å²) >= 11 is 6.07. The number of carbonyl (C=O) groups is 1. The Balaban J connectivity index is 2.31. The average molecular weight is 330 g/mol. The minimum absolute atomic E-state index is 0.0625. The van der Waals surface area contributed by atoms with Crippen molar-refractivity contribution in [3.8, 4) is 5.75 Å². The van der Waals surface area contributed by atoms with Crippen LogP contribution in [0.3, 0.4) is 0 Å². The number of carboxylic acid groups (broad SMARTS) is 1. The van der Waals surface area contributed by atoms with Crippen LogP contribution in [0.4, 0.5) is 9.18 Å². The van der Waals surface area contributed by atoms with Crippen LogP contribution in [0.25, 0.3) is 0 Å². The number of hydrogen-bond donors (Lipinski definition) is 1. The summed E-state index contributed by atoms with van der Waals surface area (Å²) in [6, 6.07) is 6.98. The number of para-hydroxylation sites is 1. The van der Waals surface area contributed by atoms with Crippen LogP contribution in [0.15, 0.2) is 24.3 Å². The zero-order valence-corrected chi connectivity index (χ0v) is 13.7. The van der Waals surface area contributed by atoms with Crippen molar-refractivity contribution in [3.63, 3.8) is 0 Å². The molecule has 22 heavy (non-hydrogen) atoms. The Kier molecular flexibility index (Phi) is 4.57. The number of amides is 1. The standard InChI is InChI=1S/C16H21ClFNO3/c1-15(2,3)16(8-11(18)9-19(16)14(20)21)10-22-13-7-5-4-6-12(13)17/h4-7,11H,8-10H2,1-3H3,(H,20,21)/t11-,16-/m0/s1. The van der Waals surface area contributed by atoms with E-state index in [-0.39, 0.29) is 19.6 Å². The molecule has 0 radical (unpaired) electrons. The molecule has 0 spiro atoms. The first-order valence-corrected chi connectivity index (χ1v) is 7.57. The largest absolute Gasteiger partial charge is 0.490 e. The fourth-order valence-corrected chi connectivity index (χ4v) is 3.19. The van der Waals surface area contributed by atoms with Gasteiger partial charge in [0.05, 0.1) is 17.1 Å². The molecular weight excluding hydrogens is 309 g/mol. The van der Waals surface area contributed by atoms with Crippen LogP contribution >= 0.6 is 11.6 Å². The van der Waals surface area contributed by atoms with E-state index in [1.165, 1.54) is 4.90 Å². The minimum Gasteiger partial charge on any atom is -0.490 e. The maximum atomic E-state index is 14.0. The van der Waals surface area contributed by atoms with Gasteiger partial charge in [0.1, 0.15) is 18.5 Å². The summed E-state index contributed by atoms with van der Waals surface area (Å²) < 4.78 is 19.8. The zero-order valence-electron chi connectivity index (χ0n) is 13.0. The fraction of sp³-hybridized carbons (Fsp3) is 0.562. The Morgan fingerprint density at radius 3 is 2.68 bits per heavy atom. The van der Waals surface area contributed by atoms with Gasteiger partial charge in [0.2, 0.25) is 0 Å². The van der Waals surface area contributed by atoms with Gasteiger partial charge in [-0.15, -0.1) is 0 Å². The van der Waals surface area contributed by atoms with E-state index in [1.54, 1.807) is 24.3 Å². The maximum Gasteiger partial charge on any atom is 0.407 e. The van der Waals surface area contributed by atoms with Gasteiger partial charge < -0.3 is 9.84 Å². The van der Waals surface area contributed by atoms with Gasteiger partial charge in [0, 0.05) is 6.42 Å². The highest BCUT2D eigenvalue weighted by atomic mass is 35.5. The Bertz CT molecular complexity index is 561. The molecule has 1 aliphatic rings. The molecular formula is C16H21ClFNO3. The number of halogens is 2. The van der Waals surface area contributed by atoms with Gasteiger partial charge in [-0.25, -0.2) is 9.18 Å². The van der Waals surface area contributed by atoms with Crippen LogP contribution in [0, 0.1) is 5.41 Å². The van der Waals surface area contributed by atoms with Gasteiger partial charge in [0.25, 0.3) is 0 Å². The SMILES string of the molecule is CC(C)(C)[C@@]1(COc2ccccc2Cl)C[C@H](F)CN1C(=O)O. The number of likely N-dealkylation sites (tertiary alicyclic amines) is 1. The first-order chi connectivity index (χ1) is 10.2. The smallest absolute Gasteiger partial charge is 0.407 e. The predicted octanol–water partition coefficient (Wildman–Crippen LogP) is 4.23. The van der Waals surface area contributed by atoms with E-state index in [1.807, 2.05) is 20.8 Å². The molecule has 1 saturated heterocycles. The summed E-state index contributed by atoms with van der Waals surface area (Å²) in [5.74, 6) is 0.473. The quantitative estimate of drug-likeness (QED) is 0.903. The minimum atomic E-state index is -1.19. The molecule has 0 saturated carbocycles. The van der Waals surface area contributed by atoms with Crippen LogP contribution in [-0.2, 0) is 0 Å². The third kappa shape index (κ3) is 3.00. The van der Waals surface area contributed by atoms with E-state index in [0.29, 0.717) is 10.8 Å². The summed E-state index contributed by atoms with van der Waals surface area (Å²) in [4.78, 5) is 12.7. The maximum absolute atomic E-state index is 14.0. The van der Waals surface area contributed by atoms with Crippen molar-refractivity contribution in [3.05, 3.63) is 29.3 Å². The summed E-state index contributed by atoms with van der Waals surface area (Å²) in [7, 11) is 0. The van der Waals surface area contributed by atoms with Gasteiger partial charge in [0.15, 0.2) is 0 Å². The lowest BCUT2D eigenvalue weighted by Gasteiger charge is -2.46. The lowest BCUT2D eigenvalue weighted by molar-refractivity contribution is -0.00403. The Morgan fingerprint density at radius 1 is 1.50 bits per heavy atom. The molecule has 2 rings (SSSR count). The summed E-state index contributed by atoms with van der Waals surface area (Å²) in [5, 5.41) is 9.91. The molecule has 1 amide bonds. The van der Waals surface area contributed by atoms with Gasteiger partial charge in [-0.3, -0.25) is 4.90 Å². The van der Waals surface area contributed by atoms with E-state index in [9.17, 15) is 14.3 Å². The molecule has 1 N–H and O–H groups in total. The Hall–Kier alpha value is -1.49. The monoisotopic (exact) mass is 329 g/mol. The summed E-state index contributed by atoms with van der Waals surface area (Å²) in [6.07, 6.45) is -2.20. The average Bonchev–Trinajstić information content (AvgIpc) is 2.76. The first-order valence-electron chi connectivity index (χ1n) is 7.19. The topological polar surface area (TPSA) is 49.8 Å². The first kappa shape index (κ1) is 16.9. The fourth-order valence-electron chi connectivity index (χ4n) is 3.00. The third-order valence-corrected chi connectivity index (χ3v) is 4.70. The molecule has 4 nitrogen and oxygen atoms in total. The molecule has 0 aromatic heterocycles.